The van der Waals surface area contributed by atoms with Gasteiger partial charge in [0.15, 0.2) is 0 Å². The standard InChI is InChI=1S/C30H44N4O5S/c1-7-27(30(36)31-25-13-9-8-10-14-25)33(20-24-12-11-15-26(19-24)39-6)29(35)21-34(40(37,38)32(4)5)28-18-22(2)16-17-23(28)3/h11-12,15-19,25,27H,7-10,13-14,20-21H2,1-6H3,(H,31,36)/t27-/m0/s1. The number of benzene rings is 2. The summed E-state index contributed by atoms with van der Waals surface area (Å²) in [7, 11) is 0.438. The Morgan fingerprint density at radius 2 is 1.75 bits per heavy atom. The van der Waals surface area contributed by atoms with Gasteiger partial charge in [-0.15, -0.1) is 0 Å². The van der Waals surface area contributed by atoms with E-state index >= 15 is 0 Å². The predicted molar refractivity (Wildman–Crippen MR) is 159 cm³/mol. The number of carbonyl (C=O) groups is 2. The van der Waals surface area contributed by atoms with E-state index in [9.17, 15) is 18.0 Å². The smallest absolute Gasteiger partial charge is 0.304 e. The Kier molecular flexibility index (Phi) is 11.0. The van der Waals surface area contributed by atoms with Gasteiger partial charge in [0.25, 0.3) is 0 Å². The molecule has 1 N–H and O–H groups in total. The van der Waals surface area contributed by atoms with Gasteiger partial charge in [-0.2, -0.15) is 12.7 Å². The number of nitrogens with one attached hydrogen (secondary N) is 1. The first-order valence-electron chi connectivity index (χ1n) is 14.0. The summed E-state index contributed by atoms with van der Waals surface area (Å²) in [5.74, 6) is -0.0315. The van der Waals surface area contributed by atoms with Gasteiger partial charge in [-0.05, 0) is 68.0 Å². The van der Waals surface area contributed by atoms with E-state index in [-0.39, 0.29) is 18.5 Å². The molecule has 0 aliphatic heterocycles. The third-order valence-electron chi connectivity index (χ3n) is 7.48. The maximum Gasteiger partial charge on any atom is 0.304 e. The van der Waals surface area contributed by atoms with Crippen molar-refractivity contribution >= 4 is 27.7 Å². The molecular weight excluding hydrogens is 528 g/mol. The molecule has 1 saturated carbocycles. The van der Waals surface area contributed by atoms with Crippen LogP contribution in [0, 0.1) is 13.8 Å². The van der Waals surface area contributed by atoms with Crippen molar-refractivity contribution in [3.8, 4) is 5.75 Å². The summed E-state index contributed by atoms with van der Waals surface area (Å²) in [5, 5.41) is 3.17. The van der Waals surface area contributed by atoms with Crippen molar-refractivity contribution in [2.75, 3.05) is 32.1 Å². The van der Waals surface area contributed by atoms with Crippen molar-refractivity contribution in [3.05, 3.63) is 59.2 Å². The first-order valence-corrected chi connectivity index (χ1v) is 15.4. The zero-order chi connectivity index (χ0) is 29.4. The fourth-order valence-electron chi connectivity index (χ4n) is 5.12. The summed E-state index contributed by atoms with van der Waals surface area (Å²) in [6.45, 7) is 5.26. The van der Waals surface area contributed by atoms with Crippen LogP contribution in [0.5, 0.6) is 5.75 Å². The summed E-state index contributed by atoms with van der Waals surface area (Å²) in [6.07, 6.45) is 5.54. The van der Waals surface area contributed by atoms with Crippen molar-refractivity contribution in [1.82, 2.24) is 14.5 Å². The number of ether oxygens (including phenoxy) is 1. The highest BCUT2D eigenvalue weighted by molar-refractivity contribution is 7.90. The molecule has 0 radical (unpaired) electrons. The molecule has 0 unspecified atom stereocenters. The van der Waals surface area contributed by atoms with E-state index in [0.29, 0.717) is 17.9 Å². The van der Waals surface area contributed by atoms with E-state index in [0.717, 1.165) is 51.0 Å². The Morgan fingerprint density at radius 1 is 1.05 bits per heavy atom. The summed E-state index contributed by atoms with van der Waals surface area (Å²) in [6, 6.07) is 12.2. The predicted octanol–water partition coefficient (Wildman–Crippen LogP) is 4.18. The fraction of sp³-hybridized carbons (Fsp3) is 0.533. The van der Waals surface area contributed by atoms with Crippen molar-refractivity contribution < 1.29 is 22.7 Å². The van der Waals surface area contributed by atoms with Gasteiger partial charge in [0.05, 0.1) is 12.8 Å². The minimum atomic E-state index is -4.02. The monoisotopic (exact) mass is 572 g/mol. The molecule has 2 amide bonds. The fourth-order valence-corrected chi connectivity index (χ4v) is 6.23. The molecule has 9 nitrogen and oxygen atoms in total. The lowest BCUT2D eigenvalue weighted by Gasteiger charge is -2.35. The van der Waals surface area contributed by atoms with Crippen LogP contribution in [0.1, 0.15) is 62.1 Å². The molecule has 10 heteroatoms. The molecule has 220 valence electrons. The molecule has 40 heavy (non-hydrogen) atoms. The van der Waals surface area contributed by atoms with E-state index < -0.39 is 28.7 Å². The van der Waals surface area contributed by atoms with E-state index in [1.54, 1.807) is 13.2 Å². The lowest BCUT2D eigenvalue weighted by atomic mass is 9.95. The Bertz CT molecular complexity index is 1270. The number of methoxy groups -OCH3 is 1. The average Bonchev–Trinajstić information content (AvgIpc) is 2.93. The van der Waals surface area contributed by atoms with Gasteiger partial charge in [0, 0.05) is 26.7 Å². The lowest BCUT2D eigenvalue weighted by molar-refractivity contribution is -0.140. The van der Waals surface area contributed by atoms with Crippen LogP contribution in [0.25, 0.3) is 0 Å². The number of rotatable bonds is 12. The topological polar surface area (TPSA) is 99.3 Å². The second-order valence-corrected chi connectivity index (χ2v) is 12.8. The summed E-state index contributed by atoms with van der Waals surface area (Å²) in [4.78, 5) is 29.2. The molecule has 3 rings (SSSR count). The Labute approximate surface area is 239 Å². The van der Waals surface area contributed by atoms with Gasteiger partial charge in [0.1, 0.15) is 18.3 Å². The minimum Gasteiger partial charge on any atom is -0.497 e. The van der Waals surface area contributed by atoms with Crippen LogP contribution in [0.3, 0.4) is 0 Å². The highest BCUT2D eigenvalue weighted by Gasteiger charge is 2.35. The Hall–Kier alpha value is -3.11. The molecule has 2 aromatic carbocycles. The first-order chi connectivity index (χ1) is 19.0. The molecule has 0 heterocycles. The molecule has 1 fully saturated rings. The third-order valence-corrected chi connectivity index (χ3v) is 9.28. The van der Waals surface area contributed by atoms with Gasteiger partial charge >= 0.3 is 10.2 Å². The SMILES string of the molecule is CC[C@@H](C(=O)NC1CCCCC1)N(Cc1cccc(OC)c1)C(=O)CN(c1cc(C)ccc1C)S(=O)(=O)N(C)C. The number of anilines is 1. The summed E-state index contributed by atoms with van der Waals surface area (Å²) in [5.41, 5.74) is 2.82. The largest absolute Gasteiger partial charge is 0.497 e. The van der Waals surface area contributed by atoms with Gasteiger partial charge < -0.3 is 15.0 Å². The molecule has 1 aliphatic rings. The number of carbonyl (C=O) groups excluding carboxylic acids is 2. The number of nitrogens with zero attached hydrogens (tertiary/aromatic N) is 3. The summed E-state index contributed by atoms with van der Waals surface area (Å²) < 4.78 is 34.6. The molecule has 1 atom stereocenters. The van der Waals surface area contributed by atoms with Gasteiger partial charge in [0.2, 0.25) is 11.8 Å². The summed E-state index contributed by atoms with van der Waals surface area (Å²) >= 11 is 0. The zero-order valence-electron chi connectivity index (χ0n) is 24.6. The van der Waals surface area contributed by atoms with E-state index in [1.165, 1.54) is 25.4 Å². The average molecular weight is 573 g/mol. The van der Waals surface area contributed by atoms with Crippen molar-refractivity contribution in [2.24, 2.45) is 0 Å². The van der Waals surface area contributed by atoms with Crippen LogP contribution in [-0.4, -0.2) is 69.3 Å². The van der Waals surface area contributed by atoms with E-state index in [4.69, 9.17) is 4.74 Å². The second-order valence-electron chi connectivity index (χ2n) is 10.7. The van der Waals surface area contributed by atoms with Crippen LogP contribution in [0.15, 0.2) is 42.5 Å². The molecule has 1 aliphatic carbocycles. The quantitative estimate of drug-likeness (QED) is 0.411. The van der Waals surface area contributed by atoms with Crippen LogP contribution < -0.4 is 14.4 Å². The first kappa shape index (κ1) is 31.4. The van der Waals surface area contributed by atoms with Crippen LogP contribution in [0.2, 0.25) is 0 Å². The number of aryl methyl sites for hydroxylation is 2. The van der Waals surface area contributed by atoms with Crippen molar-refractivity contribution in [2.45, 2.75) is 77.9 Å². The van der Waals surface area contributed by atoms with Crippen molar-refractivity contribution in [1.29, 1.82) is 0 Å². The maximum atomic E-state index is 14.1. The molecule has 0 aromatic heterocycles. The third kappa shape index (κ3) is 7.75. The Morgan fingerprint density at radius 3 is 2.38 bits per heavy atom. The number of hydrogen-bond acceptors (Lipinski definition) is 5. The van der Waals surface area contributed by atoms with E-state index in [2.05, 4.69) is 5.32 Å². The van der Waals surface area contributed by atoms with Crippen LogP contribution in [-0.2, 0) is 26.3 Å². The molecule has 0 spiro atoms. The van der Waals surface area contributed by atoms with Crippen LogP contribution in [0.4, 0.5) is 5.69 Å². The van der Waals surface area contributed by atoms with Gasteiger partial charge in [-0.25, -0.2) is 4.31 Å². The van der Waals surface area contributed by atoms with E-state index in [1.807, 2.05) is 57.2 Å². The second kappa shape index (κ2) is 14.0. The zero-order valence-corrected chi connectivity index (χ0v) is 25.5. The number of hydrogen-bond donors (Lipinski definition) is 1. The molecule has 2 aromatic rings. The van der Waals surface area contributed by atoms with Gasteiger partial charge in [-0.1, -0.05) is 50.5 Å². The molecule has 0 saturated heterocycles. The normalized spacial score (nSPS) is 15.0. The van der Waals surface area contributed by atoms with Gasteiger partial charge in [-0.3, -0.25) is 9.59 Å². The molecule has 0 bridgehead atoms. The highest BCUT2D eigenvalue weighted by Crippen LogP contribution is 2.27. The van der Waals surface area contributed by atoms with Crippen molar-refractivity contribution in [3.63, 3.8) is 0 Å². The number of amides is 2. The highest BCUT2D eigenvalue weighted by atomic mass is 32.2. The van der Waals surface area contributed by atoms with Crippen LogP contribution >= 0.6 is 0 Å². The lowest BCUT2D eigenvalue weighted by Crippen LogP contribution is -2.54. The molecular formula is C30H44N4O5S. The Balaban J connectivity index is 2.01. The minimum absolute atomic E-state index is 0.0876. The maximum absolute atomic E-state index is 14.1.